The molecule has 0 saturated heterocycles. The lowest BCUT2D eigenvalue weighted by Crippen LogP contribution is -2.36. The Morgan fingerprint density at radius 2 is 1.85 bits per heavy atom. The van der Waals surface area contributed by atoms with Gasteiger partial charge in [-0.3, -0.25) is 4.79 Å². The van der Waals surface area contributed by atoms with E-state index in [9.17, 15) is 9.90 Å². The second-order valence-corrected chi connectivity index (χ2v) is 4.84. The summed E-state index contributed by atoms with van der Waals surface area (Å²) in [7, 11) is 0. The van der Waals surface area contributed by atoms with Crippen LogP contribution in [0.2, 0.25) is 0 Å². The van der Waals surface area contributed by atoms with E-state index in [4.69, 9.17) is 0 Å². The second-order valence-electron chi connectivity index (χ2n) is 4.84. The van der Waals surface area contributed by atoms with Gasteiger partial charge in [0.1, 0.15) is 0 Å². The van der Waals surface area contributed by atoms with Gasteiger partial charge in [-0.15, -0.1) is 0 Å². The molecule has 2 aliphatic rings. The molecular weight excluding hydrogens is 164 g/mol. The third-order valence-corrected chi connectivity index (χ3v) is 3.99. The van der Waals surface area contributed by atoms with E-state index in [1.54, 1.807) is 0 Å². The molecule has 74 valence electrons. The van der Waals surface area contributed by atoms with Crippen LogP contribution in [0.3, 0.4) is 0 Å². The number of hydrogen-bond donors (Lipinski definition) is 1. The minimum atomic E-state index is -0.526. The zero-order valence-electron chi connectivity index (χ0n) is 8.25. The summed E-state index contributed by atoms with van der Waals surface area (Å²) in [6.45, 7) is 2.18. The molecule has 13 heavy (non-hydrogen) atoms. The summed E-state index contributed by atoms with van der Waals surface area (Å²) in [6, 6.07) is 0. The molecule has 0 heterocycles. The summed E-state index contributed by atoms with van der Waals surface area (Å²) in [5.41, 5.74) is -0.322. The molecule has 2 aliphatic carbocycles. The van der Waals surface area contributed by atoms with Gasteiger partial charge in [-0.05, 0) is 31.1 Å². The van der Waals surface area contributed by atoms with Crippen LogP contribution in [0.4, 0.5) is 0 Å². The Bertz CT molecular complexity index is 216. The van der Waals surface area contributed by atoms with Gasteiger partial charge in [0, 0.05) is 0 Å². The van der Waals surface area contributed by atoms with Crippen molar-refractivity contribution in [2.24, 2.45) is 17.3 Å². The molecule has 2 nitrogen and oxygen atoms in total. The molecule has 0 radical (unpaired) electrons. The average Bonchev–Trinajstić information content (AvgIpc) is 2.84. The molecular formula is C11H18O2. The Kier molecular flexibility index (Phi) is 2.09. The minimum Gasteiger partial charge on any atom is -0.481 e. The highest BCUT2D eigenvalue weighted by atomic mass is 16.4. The van der Waals surface area contributed by atoms with Crippen molar-refractivity contribution in [2.45, 2.75) is 45.4 Å². The Morgan fingerprint density at radius 1 is 1.31 bits per heavy atom. The highest BCUT2D eigenvalue weighted by molar-refractivity contribution is 5.75. The standard InChI is InChI=1S/C11H18O2/c1-8-7-9(8)11(10(12)13)5-3-2-4-6-11/h8-9H,2-7H2,1H3,(H,12,13). The first-order valence-corrected chi connectivity index (χ1v) is 5.40. The maximum atomic E-state index is 11.3. The SMILES string of the molecule is CC1CC1C1(C(=O)O)CCCCC1. The second kappa shape index (κ2) is 3.00. The Hall–Kier alpha value is -0.530. The molecule has 2 atom stereocenters. The summed E-state index contributed by atoms with van der Waals surface area (Å²) in [4.78, 5) is 11.3. The summed E-state index contributed by atoms with van der Waals surface area (Å²) < 4.78 is 0. The van der Waals surface area contributed by atoms with Gasteiger partial charge < -0.3 is 5.11 Å². The first-order chi connectivity index (χ1) is 6.17. The van der Waals surface area contributed by atoms with Crippen molar-refractivity contribution >= 4 is 5.97 Å². The summed E-state index contributed by atoms with van der Waals surface area (Å²) in [6.07, 6.45) is 6.47. The molecule has 2 fully saturated rings. The van der Waals surface area contributed by atoms with Crippen molar-refractivity contribution in [1.82, 2.24) is 0 Å². The molecule has 0 spiro atoms. The van der Waals surface area contributed by atoms with E-state index in [-0.39, 0.29) is 5.41 Å². The molecule has 0 bridgehead atoms. The van der Waals surface area contributed by atoms with Crippen molar-refractivity contribution in [1.29, 1.82) is 0 Å². The van der Waals surface area contributed by atoms with Crippen molar-refractivity contribution in [3.8, 4) is 0 Å². The minimum absolute atomic E-state index is 0.322. The number of carbonyl (C=O) groups is 1. The molecule has 1 N–H and O–H groups in total. The summed E-state index contributed by atoms with van der Waals surface area (Å²) in [5, 5.41) is 9.32. The van der Waals surface area contributed by atoms with Gasteiger partial charge >= 0.3 is 5.97 Å². The molecule has 0 aromatic heterocycles. The van der Waals surface area contributed by atoms with Crippen LogP contribution in [0, 0.1) is 17.3 Å². The predicted molar refractivity (Wildman–Crippen MR) is 50.4 cm³/mol. The molecule has 0 amide bonds. The Morgan fingerprint density at radius 3 is 2.23 bits per heavy atom. The zero-order valence-corrected chi connectivity index (χ0v) is 8.25. The van der Waals surface area contributed by atoms with Crippen LogP contribution in [0.25, 0.3) is 0 Å². The topological polar surface area (TPSA) is 37.3 Å². The fourth-order valence-electron chi connectivity index (χ4n) is 3.02. The monoisotopic (exact) mass is 182 g/mol. The molecule has 0 aliphatic heterocycles. The third kappa shape index (κ3) is 1.36. The molecule has 0 aromatic rings. The fraction of sp³-hybridized carbons (Fsp3) is 0.909. The van der Waals surface area contributed by atoms with Crippen molar-refractivity contribution in [3.05, 3.63) is 0 Å². The van der Waals surface area contributed by atoms with Gasteiger partial charge in [-0.2, -0.15) is 0 Å². The number of carboxylic acid groups (broad SMARTS) is 1. The van der Waals surface area contributed by atoms with Gasteiger partial charge in [-0.1, -0.05) is 26.2 Å². The van der Waals surface area contributed by atoms with Crippen LogP contribution in [-0.2, 0) is 4.79 Å². The quantitative estimate of drug-likeness (QED) is 0.713. The van der Waals surface area contributed by atoms with Crippen LogP contribution in [-0.4, -0.2) is 11.1 Å². The lowest BCUT2D eigenvalue weighted by molar-refractivity contribution is -0.153. The first kappa shape index (κ1) is 9.04. The van der Waals surface area contributed by atoms with Crippen molar-refractivity contribution < 1.29 is 9.90 Å². The highest BCUT2D eigenvalue weighted by Crippen LogP contribution is 2.57. The van der Waals surface area contributed by atoms with E-state index in [1.807, 2.05) is 0 Å². The van der Waals surface area contributed by atoms with E-state index in [2.05, 4.69) is 6.92 Å². The lowest BCUT2D eigenvalue weighted by atomic mass is 9.70. The van der Waals surface area contributed by atoms with E-state index < -0.39 is 5.97 Å². The van der Waals surface area contributed by atoms with Gasteiger partial charge in [-0.25, -0.2) is 0 Å². The normalized spacial score (nSPS) is 37.0. The van der Waals surface area contributed by atoms with Crippen LogP contribution in [0.15, 0.2) is 0 Å². The van der Waals surface area contributed by atoms with E-state index >= 15 is 0 Å². The number of aliphatic carboxylic acids is 1. The lowest BCUT2D eigenvalue weighted by Gasteiger charge is -2.33. The van der Waals surface area contributed by atoms with E-state index in [0.717, 1.165) is 32.1 Å². The van der Waals surface area contributed by atoms with Crippen molar-refractivity contribution in [3.63, 3.8) is 0 Å². The van der Waals surface area contributed by atoms with Crippen LogP contribution < -0.4 is 0 Å². The Balaban J connectivity index is 2.14. The Labute approximate surface area is 79.3 Å². The summed E-state index contributed by atoms with van der Waals surface area (Å²) >= 11 is 0. The van der Waals surface area contributed by atoms with Gasteiger partial charge in [0.15, 0.2) is 0 Å². The number of hydrogen-bond acceptors (Lipinski definition) is 1. The third-order valence-electron chi connectivity index (χ3n) is 3.99. The zero-order chi connectivity index (χ0) is 9.47. The molecule has 2 saturated carbocycles. The number of carboxylic acids is 1. The smallest absolute Gasteiger partial charge is 0.309 e. The van der Waals surface area contributed by atoms with Gasteiger partial charge in [0.05, 0.1) is 5.41 Å². The molecule has 0 aromatic carbocycles. The van der Waals surface area contributed by atoms with Gasteiger partial charge in [0.25, 0.3) is 0 Å². The molecule has 2 heteroatoms. The van der Waals surface area contributed by atoms with Gasteiger partial charge in [0.2, 0.25) is 0 Å². The summed E-state index contributed by atoms with van der Waals surface area (Å²) in [5.74, 6) is 0.626. The van der Waals surface area contributed by atoms with Crippen molar-refractivity contribution in [2.75, 3.05) is 0 Å². The first-order valence-electron chi connectivity index (χ1n) is 5.40. The van der Waals surface area contributed by atoms with Crippen LogP contribution in [0.1, 0.15) is 45.4 Å². The fourth-order valence-corrected chi connectivity index (χ4v) is 3.02. The van der Waals surface area contributed by atoms with Crippen LogP contribution >= 0.6 is 0 Å². The molecule has 2 unspecified atom stereocenters. The average molecular weight is 182 g/mol. The van der Waals surface area contributed by atoms with Crippen LogP contribution in [0.5, 0.6) is 0 Å². The van der Waals surface area contributed by atoms with E-state index in [0.29, 0.717) is 11.8 Å². The maximum absolute atomic E-state index is 11.3. The highest BCUT2D eigenvalue weighted by Gasteiger charge is 2.55. The van der Waals surface area contributed by atoms with E-state index in [1.165, 1.54) is 6.42 Å². The predicted octanol–water partition coefficient (Wildman–Crippen LogP) is 2.68. The molecule has 2 rings (SSSR count). The largest absolute Gasteiger partial charge is 0.481 e. The maximum Gasteiger partial charge on any atom is 0.309 e. The number of rotatable bonds is 2.